The largest absolute Gasteiger partial charge is 0.529 e. The van der Waals surface area contributed by atoms with Crippen LogP contribution in [-0.4, -0.2) is 39.3 Å². The normalized spacial score (nSPS) is 12.4. The molecule has 0 fully saturated rings. The third-order valence-corrected chi connectivity index (χ3v) is 3.02. The van der Waals surface area contributed by atoms with E-state index in [0.29, 0.717) is 0 Å². The van der Waals surface area contributed by atoms with Crippen molar-refractivity contribution in [3.05, 3.63) is 11.8 Å². The Morgan fingerprint density at radius 3 is 2.12 bits per heavy atom. The number of phosphoric ester groups is 1. The molecule has 0 aromatic rings. The quantitative estimate of drug-likeness (QED) is 0.307. The van der Waals surface area contributed by atoms with E-state index in [1.165, 1.54) is 35.3 Å². The highest BCUT2D eigenvalue weighted by molar-refractivity contribution is 7.48. The molecule has 0 aromatic carbocycles. The Labute approximate surface area is 94.5 Å². The van der Waals surface area contributed by atoms with Crippen LogP contribution < -0.4 is 0 Å². The number of rotatable bonds is 6. The first-order chi connectivity index (χ1) is 7.38. The Morgan fingerprint density at radius 1 is 1.25 bits per heavy atom. The lowest BCUT2D eigenvalue weighted by molar-refractivity contribution is -0.162. The second kappa shape index (κ2) is 6.65. The highest BCUT2D eigenvalue weighted by atomic mass is 31.2. The van der Waals surface area contributed by atoms with Crippen molar-refractivity contribution in [2.24, 2.45) is 0 Å². The SMILES string of the molecule is CON(C)C(=O)C=C(C)OP(=O)(OC)OC. The van der Waals surface area contributed by atoms with Gasteiger partial charge < -0.3 is 4.52 Å². The standard InChI is InChI=1S/C8H16NO6P/c1-7(6-8(10)9(2)12-3)15-16(11,13-4)14-5/h6H,1-5H3. The van der Waals surface area contributed by atoms with Crippen molar-refractivity contribution < 1.29 is 27.8 Å². The molecule has 0 atom stereocenters. The van der Waals surface area contributed by atoms with Gasteiger partial charge in [0, 0.05) is 27.3 Å². The molecule has 0 saturated heterocycles. The molecule has 94 valence electrons. The van der Waals surface area contributed by atoms with E-state index < -0.39 is 13.7 Å². The Bertz CT molecular complexity index is 308. The lowest BCUT2D eigenvalue weighted by Crippen LogP contribution is -2.23. The van der Waals surface area contributed by atoms with E-state index in [-0.39, 0.29) is 5.76 Å². The minimum Gasteiger partial charge on any atom is -0.409 e. The van der Waals surface area contributed by atoms with Crippen molar-refractivity contribution in [2.75, 3.05) is 28.4 Å². The molecule has 0 bridgehead atoms. The van der Waals surface area contributed by atoms with Gasteiger partial charge in [0.2, 0.25) is 0 Å². The molecule has 8 heteroatoms. The molecule has 0 saturated carbocycles. The van der Waals surface area contributed by atoms with Gasteiger partial charge in [0.25, 0.3) is 5.91 Å². The predicted molar refractivity (Wildman–Crippen MR) is 56.2 cm³/mol. The number of hydroxylamine groups is 2. The average Bonchev–Trinajstić information content (AvgIpc) is 2.27. The third kappa shape index (κ3) is 4.76. The van der Waals surface area contributed by atoms with Crippen molar-refractivity contribution in [3.63, 3.8) is 0 Å². The number of allylic oxidation sites excluding steroid dienone is 1. The smallest absolute Gasteiger partial charge is 0.409 e. The highest BCUT2D eigenvalue weighted by Gasteiger charge is 2.24. The van der Waals surface area contributed by atoms with Gasteiger partial charge in [-0.15, -0.1) is 0 Å². The van der Waals surface area contributed by atoms with Crippen LogP contribution in [0.2, 0.25) is 0 Å². The van der Waals surface area contributed by atoms with Crippen molar-refractivity contribution >= 4 is 13.7 Å². The zero-order valence-corrected chi connectivity index (χ0v) is 10.8. The molecule has 0 spiro atoms. The Hall–Kier alpha value is -0.880. The van der Waals surface area contributed by atoms with E-state index in [1.807, 2.05) is 0 Å². The summed E-state index contributed by atoms with van der Waals surface area (Å²) in [6.45, 7) is 1.45. The molecule has 0 aliphatic rings. The van der Waals surface area contributed by atoms with Crippen LogP contribution in [0.3, 0.4) is 0 Å². The van der Waals surface area contributed by atoms with Crippen LogP contribution in [0.5, 0.6) is 0 Å². The number of amides is 1. The fourth-order valence-electron chi connectivity index (χ4n) is 0.707. The average molecular weight is 253 g/mol. The number of hydrogen-bond donors (Lipinski definition) is 0. The van der Waals surface area contributed by atoms with E-state index in [2.05, 4.69) is 13.9 Å². The first-order valence-electron chi connectivity index (χ1n) is 4.29. The summed E-state index contributed by atoms with van der Waals surface area (Å²) in [7, 11) is 1.52. The maximum absolute atomic E-state index is 11.5. The summed E-state index contributed by atoms with van der Waals surface area (Å²) in [6.07, 6.45) is 1.11. The number of carbonyl (C=O) groups is 1. The van der Waals surface area contributed by atoms with Crippen LogP contribution in [0.15, 0.2) is 11.8 Å². The number of hydrogen-bond acceptors (Lipinski definition) is 6. The molecule has 0 unspecified atom stereocenters. The maximum atomic E-state index is 11.5. The summed E-state index contributed by atoms with van der Waals surface area (Å²) in [4.78, 5) is 16.0. The monoisotopic (exact) mass is 253 g/mol. The van der Waals surface area contributed by atoms with Gasteiger partial charge >= 0.3 is 7.82 Å². The molecule has 16 heavy (non-hydrogen) atoms. The third-order valence-electron chi connectivity index (χ3n) is 1.61. The number of phosphoric acid groups is 1. The van der Waals surface area contributed by atoms with Crippen LogP contribution in [0, 0.1) is 0 Å². The zero-order valence-electron chi connectivity index (χ0n) is 9.92. The van der Waals surface area contributed by atoms with E-state index in [1.54, 1.807) is 0 Å². The van der Waals surface area contributed by atoms with Crippen LogP contribution in [0.1, 0.15) is 6.92 Å². The maximum Gasteiger partial charge on any atom is 0.529 e. The Kier molecular flexibility index (Phi) is 6.28. The lowest BCUT2D eigenvalue weighted by Gasteiger charge is -2.15. The minimum absolute atomic E-state index is 0.0981. The second-order valence-electron chi connectivity index (χ2n) is 2.68. The van der Waals surface area contributed by atoms with E-state index in [4.69, 9.17) is 4.52 Å². The van der Waals surface area contributed by atoms with Crippen molar-refractivity contribution in [2.45, 2.75) is 6.92 Å². The van der Waals surface area contributed by atoms with E-state index in [0.717, 1.165) is 11.1 Å². The molecule has 0 aliphatic carbocycles. The van der Waals surface area contributed by atoms with Gasteiger partial charge in [-0.3, -0.25) is 18.7 Å². The Balaban J connectivity index is 4.57. The van der Waals surface area contributed by atoms with E-state index in [9.17, 15) is 9.36 Å². The predicted octanol–water partition coefficient (Wildman–Crippen LogP) is 1.33. The van der Waals surface area contributed by atoms with Gasteiger partial charge in [-0.25, -0.2) is 9.63 Å². The zero-order chi connectivity index (χ0) is 12.8. The van der Waals surface area contributed by atoms with Crippen LogP contribution in [-0.2, 0) is 27.8 Å². The number of carbonyl (C=O) groups excluding carboxylic acids is 1. The molecular weight excluding hydrogens is 237 g/mol. The van der Waals surface area contributed by atoms with Gasteiger partial charge in [0.15, 0.2) is 0 Å². The van der Waals surface area contributed by atoms with Crippen molar-refractivity contribution in [3.8, 4) is 0 Å². The highest BCUT2D eigenvalue weighted by Crippen LogP contribution is 2.49. The first-order valence-corrected chi connectivity index (χ1v) is 5.75. The van der Waals surface area contributed by atoms with Gasteiger partial charge in [0.1, 0.15) is 5.76 Å². The molecule has 0 N–H and O–H groups in total. The minimum atomic E-state index is -3.61. The number of nitrogens with zero attached hydrogens (tertiary/aromatic N) is 1. The van der Waals surface area contributed by atoms with Crippen molar-refractivity contribution in [1.29, 1.82) is 0 Å². The van der Waals surface area contributed by atoms with Gasteiger partial charge in [-0.05, 0) is 6.92 Å². The number of likely N-dealkylation sites (N-methyl/N-ethyl adjacent to an activating group) is 1. The topological polar surface area (TPSA) is 74.3 Å². The van der Waals surface area contributed by atoms with E-state index >= 15 is 0 Å². The summed E-state index contributed by atoms with van der Waals surface area (Å²) >= 11 is 0. The molecule has 0 aliphatic heterocycles. The van der Waals surface area contributed by atoms with Crippen LogP contribution in [0.25, 0.3) is 0 Å². The summed E-state index contributed by atoms with van der Waals surface area (Å²) < 4.78 is 25.5. The van der Waals surface area contributed by atoms with Gasteiger partial charge in [-0.2, -0.15) is 0 Å². The summed E-state index contributed by atoms with van der Waals surface area (Å²) in [5.74, 6) is -0.361. The first kappa shape index (κ1) is 15.1. The molecule has 0 radical (unpaired) electrons. The molecule has 0 heterocycles. The molecule has 1 amide bonds. The summed E-state index contributed by atoms with van der Waals surface area (Å²) in [5.41, 5.74) is 0. The van der Waals surface area contributed by atoms with Crippen molar-refractivity contribution in [1.82, 2.24) is 5.06 Å². The van der Waals surface area contributed by atoms with Crippen LogP contribution >= 0.6 is 7.82 Å². The second-order valence-corrected chi connectivity index (χ2v) is 4.48. The summed E-state index contributed by atoms with van der Waals surface area (Å²) in [5, 5.41) is 0.984. The van der Waals surface area contributed by atoms with Crippen LogP contribution in [0.4, 0.5) is 0 Å². The lowest BCUT2D eigenvalue weighted by atomic mass is 10.4. The summed E-state index contributed by atoms with van der Waals surface area (Å²) in [6, 6.07) is 0. The molecule has 7 nitrogen and oxygen atoms in total. The fourth-order valence-corrected chi connectivity index (χ4v) is 1.41. The molecule has 0 aromatic heterocycles. The Morgan fingerprint density at radius 2 is 1.75 bits per heavy atom. The molecule has 0 rings (SSSR count). The molecular formula is C8H16NO6P. The fraction of sp³-hybridized carbons (Fsp3) is 0.625. The van der Waals surface area contributed by atoms with Gasteiger partial charge in [-0.1, -0.05) is 0 Å². The van der Waals surface area contributed by atoms with Gasteiger partial charge in [0.05, 0.1) is 7.11 Å².